The molecule has 3 atom stereocenters. The molecule has 1 saturated heterocycles. The van der Waals surface area contributed by atoms with Crippen LogP contribution in [-0.4, -0.2) is 41.2 Å². The van der Waals surface area contributed by atoms with Crippen LogP contribution >= 0.6 is 0 Å². The summed E-state index contributed by atoms with van der Waals surface area (Å²) in [5, 5.41) is 9.00. The second-order valence-electron chi connectivity index (χ2n) is 7.52. The zero-order valence-electron chi connectivity index (χ0n) is 17.0. The second kappa shape index (κ2) is 10.6. The van der Waals surface area contributed by atoms with Crippen LogP contribution in [0.4, 0.5) is 4.79 Å². The van der Waals surface area contributed by atoms with Gasteiger partial charge in [-0.3, -0.25) is 9.69 Å². The van der Waals surface area contributed by atoms with Gasteiger partial charge in [0.1, 0.15) is 11.9 Å². The minimum Gasteiger partial charge on any atom is -0.478 e. The fraction of sp³-hybridized carbons (Fsp3) is 0.375. The molecule has 31 heavy (non-hydrogen) atoms. The van der Waals surface area contributed by atoms with E-state index in [0.29, 0.717) is 18.8 Å². The van der Waals surface area contributed by atoms with E-state index < -0.39 is 5.97 Å². The highest BCUT2D eigenvalue weighted by atomic mass is 16.6. The van der Waals surface area contributed by atoms with Crippen LogP contribution < -0.4 is 4.74 Å². The molecule has 1 amide bonds. The lowest BCUT2D eigenvalue weighted by atomic mass is 9.94. The summed E-state index contributed by atoms with van der Waals surface area (Å²) in [5.74, 6) is -0.260. The zero-order valence-corrected chi connectivity index (χ0v) is 17.0. The number of carboxylic acids is 1. The van der Waals surface area contributed by atoms with Gasteiger partial charge in [0.05, 0.1) is 18.2 Å². The summed E-state index contributed by atoms with van der Waals surface area (Å²) in [5.41, 5.74) is 2.26. The highest BCUT2D eigenvalue weighted by molar-refractivity contribution is 5.87. The minimum absolute atomic E-state index is 0. The molecule has 0 aromatic heterocycles. The molecule has 1 fully saturated rings. The molecule has 7 nitrogen and oxygen atoms in total. The van der Waals surface area contributed by atoms with E-state index in [-0.39, 0.29) is 37.1 Å². The van der Waals surface area contributed by atoms with Crippen LogP contribution in [0.1, 0.15) is 67.6 Å². The maximum Gasteiger partial charge on any atom is 0.410 e. The average Bonchev–Trinajstić information content (AvgIpc) is 3.13. The Kier molecular flexibility index (Phi) is 8.19. The molecule has 1 N–H and O–H groups in total. The molecule has 7 heteroatoms. The Hall–Kier alpha value is -3.35. The molecule has 0 saturated carbocycles. The van der Waals surface area contributed by atoms with Gasteiger partial charge in [0.25, 0.3) is 6.47 Å². The van der Waals surface area contributed by atoms with Gasteiger partial charge in [0.15, 0.2) is 0 Å². The average molecular weight is 427 g/mol. The standard InChI is InChI=1S/C23H25NO6.CH4/c1-15(17-4-6-19(7-5-17)22(26)27)3-10-21-13-24(23(28)30-21)16(2)18-8-11-20(12-9-18)29-14-25;/h4-9,11-12,14-16,21H,3,10,13H2,1-2H3,(H,26,27);1H4/t15-,16+,21-;/m1./s1. The number of carboxylic acid groups (broad SMARTS) is 1. The Labute approximate surface area is 182 Å². The minimum atomic E-state index is -0.938. The highest BCUT2D eigenvalue weighted by Crippen LogP contribution is 2.30. The largest absolute Gasteiger partial charge is 0.478 e. The van der Waals surface area contributed by atoms with Crippen molar-refractivity contribution in [1.29, 1.82) is 0 Å². The van der Waals surface area contributed by atoms with Gasteiger partial charge in [0.2, 0.25) is 0 Å². The third kappa shape index (κ3) is 5.84. The van der Waals surface area contributed by atoms with E-state index in [4.69, 9.17) is 14.6 Å². The molecule has 166 valence electrons. The maximum atomic E-state index is 12.4. The molecule has 0 aliphatic carbocycles. The van der Waals surface area contributed by atoms with Crippen molar-refractivity contribution >= 4 is 18.5 Å². The molecule has 1 aliphatic rings. The van der Waals surface area contributed by atoms with Crippen LogP contribution in [0.2, 0.25) is 0 Å². The number of hydrogen-bond donors (Lipinski definition) is 1. The SMILES string of the molecule is C.C[C@H](CC[C@@H]1CN([C@@H](C)c2ccc(OC=O)cc2)C(=O)O1)c1ccc(C(=O)O)cc1. The topological polar surface area (TPSA) is 93.1 Å². The predicted molar refractivity (Wildman–Crippen MR) is 116 cm³/mol. The maximum absolute atomic E-state index is 12.4. The number of rotatable bonds is 9. The molecular weight excluding hydrogens is 398 g/mol. The van der Waals surface area contributed by atoms with Crippen LogP contribution in [0.25, 0.3) is 0 Å². The Morgan fingerprint density at radius 3 is 2.35 bits per heavy atom. The van der Waals surface area contributed by atoms with E-state index in [2.05, 4.69) is 6.92 Å². The molecule has 3 rings (SSSR count). The molecule has 0 radical (unpaired) electrons. The molecular formula is C24H29NO6. The van der Waals surface area contributed by atoms with Crippen LogP contribution in [0.15, 0.2) is 48.5 Å². The van der Waals surface area contributed by atoms with Gasteiger partial charge in [0, 0.05) is 0 Å². The van der Waals surface area contributed by atoms with Crippen molar-refractivity contribution in [2.24, 2.45) is 0 Å². The van der Waals surface area contributed by atoms with E-state index >= 15 is 0 Å². The van der Waals surface area contributed by atoms with E-state index in [1.807, 2.05) is 31.2 Å². The van der Waals surface area contributed by atoms with Crippen molar-refractivity contribution in [3.8, 4) is 5.75 Å². The van der Waals surface area contributed by atoms with Gasteiger partial charge >= 0.3 is 12.1 Å². The van der Waals surface area contributed by atoms with Crippen molar-refractivity contribution in [3.63, 3.8) is 0 Å². The van der Waals surface area contributed by atoms with Crippen molar-refractivity contribution in [1.82, 2.24) is 4.90 Å². The van der Waals surface area contributed by atoms with Crippen LogP contribution in [0, 0.1) is 0 Å². The number of amides is 1. The van der Waals surface area contributed by atoms with Crippen LogP contribution in [-0.2, 0) is 9.53 Å². The fourth-order valence-corrected chi connectivity index (χ4v) is 3.63. The Morgan fingerprint density at radius 2 is 1.77 bits per heavy atom. The van der Waals surface area contributed by atoms with Crippen LogP contribution in [0.3, 0.4) is 0 Å². The summed E-state index contributed by atoms with van der Waals surface area (Å²) in [4.78, 5) is 35.4. The Bertz CT molecular complexity index is 893. The van der Waals surface area contributed by atoms with E-state index in [0.717, 1.165) is 24.0 Å². The van der Waals surface area contributed by atoms with Gasteiger partial charge in [-0.1, -0.05) is 38.6 Å². The number of benzene rings is 2. The fourth-order valence-electron chi connectivity index (χ4n) is 3.63. The lowest BCUT2D eigenvalue weighted by Crippen LogP contribution is -2.28. The predicted octanol–water partition coefficient (Wildman–Crippen LogP) is 5.02. The molecule has 1 heterocycles. The third-order valence-electron chi connectivity index (χ3n) is 5.56. The molecule has 1 aliphatic heterocycles. The number of hydrogen-bond acceptors (Lipinski definition) is 5. The monoisotopic (exact) mass is 427 g/mol. The van der Waals surface area contributed by atoms with Crippen LogP contribution in [0.5, 0.6) is 5.75 Å². The van der Waals surface area contributed by atoms with Gasteiger partial charge < -0.3 is 14.6 Å². The lowest BCUT2D eigenvalue weighted by molar-refractivity contribution is -0.120. The molecule has 0 bridgehead atoms. The van der Waals surface area contributed by atoms with Crippen molar-refractivity contribution < 1.29 is 29.0 Å². The summed E-state index contributed by atoms with van der Waals surface area (Å²) < 4.78 is 10.4. The zero-order chi connectivity index (χ0) is 21.7. The third-order valence-corrected chi connectivity index (χ3v) is 5.56. The number of nitrogens with zero attached hydrogens (tertiary/aromatic N) is 1. The number of aromatic carboxylic acids is 1. The number of cyclic esters (lactones) is 1. The molecule has 2 aromatic carbocycles. The molecule has 0 unspecified atom stereocenters. The number of carbonyl (C=O) groups is 3. The van der Waals surface area contributed by atoms with Gasteiger partial charge in [-0.15, -0.1) is 0 Å². The number of ether oxygens (including phenoxy) is 2. The first-order valence-corrected chi connectivity index (χ1v) is 9.89. The Balaban J connectivity index is 0.00000341. The summed E-state index contributed by atoms with van der Waals surface area (Å²) in [6, 6.07) is 13.8. The second-order valence-corrected chi connectivity index (χ2v) is 7.52. The van der Waals surface area contributed by atoms with E-state index in [1.165, 1.54) is 0 Å². The molecule has 2 aromatic rings. The first kappa shape index (κ1) is 23.9. The van der Waals surface area contributed by atoms with Gasteiger partial charge in [-0.25, -0.2) is 9.59 Å². The smallest absolute Gasteiger partial charge is 0.410 e. The molecule has 0 spiro atoms. The van der Waals surface area contributed by atoms with Crippen molar-refractivity contribution in [2.75, 3.05) is 6.54 Å². The quantitative estimate of drug-likeness (QED) is 0.565. The van der Waals surface area contributed by atoms with Crippen molar-refractivity contribution in [3.05, 3.63) is 65.2 Å². The van der Waals surface area contributed by atoms with Gasteiger partial charge in [-0.05, 0) is 61.1 Å². The highest BCUT2D eigenvalue weighted by Gasteiger charge is 2.34. The summed E-state index contributed by atoms with van der Waals surface area (Å²) in [6.45, 7) is 4.90. The Morgan fingerprint density at radius 1 is 1.16 bits per heavy atom. The lowest BCUT2D eigenvalue weighted by Gasteiger charge is -2.22. The normalized spacial score (nSPS) is 17.3. The van der Waals surface area contributed by atoms with E-state index in [1.54, 1.807) is 29.2 Å². The number of carbonyl (C=O) groups excluding carboxylic acids is 2. The summed E-state index contributed by atoms with van der Waals surface area (Å²) >= 11 is 0. The van der Waals surface area contributed by atoms with Crippen molar-refractivity contribution in [2.45, 2.75) is 52.2 Å². The first-order chi connectivity index (χ1) is 14.4. The summed E-state index contributed by atoms with van der Waals surface area (Å²) in [7, 11) is 0. The summed E-state index contributed by atoms with van der Waals surface area (Å²) in [6.07, 6.45) is 1.03. The first-order valence-electron chi connectivity index (χ1n) is 9.89. The van der Waals surface area contributed by atoms with Gasteiger partial charge in [-0.2, -0.15) is 0 Å². The van der Waals surface area contributed by atoms with E-state index in [9.17, 15) is 14.4 Å².